The molecule has 0 radical (unpaired) electrons. The summed E-state index contributed by atoms with van der Waals surface area (Å²) < 4.78 is 27.0. The maximum atomic E-state index is 14.9. The molecule has 3 rings (SSSR count). The van der Waals surface area contributed by atoms with Gasteiger partial charge in [-0.3, -0.25) is 29.0 Å². The molecule has 0 saturated heterocycles. The summed E-state index contributed by atoms with van der Waals surface area (Å²) in [5.41, 5.74) is -2.55. The summed E-state index contributed by atoms with van der Waals surface area (Å²) in [5, 5.41) is 19.3. The van der Waals surface area contributed by atoms with E-state index >= 15 is 0 Å². The number of carbonyl (C=O) groups excluding carboxylic acids is 10. The first-order chi connectivity index (χ1) is 40.3. The van der Waals surface area contributed by atoms with Gasteiger partial charge in [-0.1, -0.05) is 48.5 Å². The number of amides is 10. The molecule has 1 aromatic heterocycles. The fourth-order valence-corrected chi connectivity index (χ4v) is 7.92. The quantitative estimate of drug-likeness (QED) is 0.0398. The molecule has 26 nitrogen and oxygen atoms in total. The summed E-state index contributed by atoms with van der Waals surface area (Å²) in [6, 6.07) is 15.5. The van der Waals surface area contributed by atoms with E-state index in [9.17, 15) is 47.9 Å². The number of pyridine rings is 1. The van der Waals surface area contributed by atoms with Crippen molar-refractivity contribution in [2.24, 2.45) is 0 Å². The first-order valence-corrected chi connectivity index (χ1v) is 29.0. The lowest BCUT2D eigenvalue weighted by atomic mass is 10.0. The Morgan fingerprint density at radius 2 is 0.839 bits per heavy atom. The minimum absolute atomic E-state index is 0.0901. The molecule has 0 aliphatic heterocycles. The van der Waals surface area contributed by atoms with Crippen molar-refractivity contribution in [2.75, 3.05) is 70.8 Å². The Morgan fingerprint density at radius 3 is 1.26 bits per heavy atom. The lowest BCUT2D eigenvalue weighted by Crippen LogP contribution is -2.54. The molecule has 10 amide bonds. The summed E-state index contributed by atoms with van der Waals surface area (Å²) in [5.74, 6) is -3.86. The fourth-order valence-electron chi connectivity index (χ4n) is 7.92. The third-order valence-electron chi connectivity index (χ3n) is 11.6. The second kappa shape index (κ2) is 33.5. The van der Waals surface area contributed by atoms with Crippen molar-refractivity contribution < 1.29 is 71.6 Å². The third kappa shape index (κ3) is 31.5. The molecule has 482 valence electrons. The van der Waals surface area contributed by atoms with Crippen molar-refractivity contribution >= 4 is 76.6 Å². The van der Waals surface area contributed by atoms with Gasteiger partial charge in [-0.25, -0.2) is 24.0 Å². The van der Waals surface area contributed by atoms with Crippen molar-refractivity contribution in [3.63, 3.8) is 0 Å². The van der Waals surface area contributed by atoms with Gasteiger partial charge >= 0.3 is 30.5 Å². The SMILES string of the molecule is CC(C)(C)OC(=O)NCCN(CCNC(=O)OC(C)(C)C)C(=O)CN(CC(=O)N(CCNC(=O)OC(C)(C)C)CCNC(=O)OC(C)(C)C)C(=O)CC[C@H](NC(=O)OC(C)(C)C)C(=O)N[C@@H](CCc1ccccc1)C(=O)Nc1cnc2ccccc2c1. The first-order valence-electron chi connectivity index (χ1n) is 29.0. The van der Waals surface area contributed by atoms with Crippen LogP contribution in [0.15, 0.2) is 66.9 Å². The number of carbonyl (C=O) groups is 10. The molecule has 3 aromatic rings. The number of fused-ring (bicyclic) bond motifs is 1. The van der Waals surface area contributed by atoms with E-state index in [0.29, 0.717) is 17.6 Å². The molecule has 2 aromatic carbocycles. The average molecular weight is 1220 g/mol. The van der Waals surface area contributed by atoms with Gasteiger partial charge in [-0.05, 0) is 141 Å². The minimum atomic E-state index is -1.56. The summed E-state index contributed by atoms with van der Waals surface area (Å²) >= 11 is 0. The predicted octanol–water partition coefficient (Wildman–Crippen LogP) is 6.55. The summed E-state index contributed by atoms with van der Waals surface area (Å²) in [6.45, 7) is 22.0. The number of para-hydroxylation sites is 1. The zero-order chi connectivity index (χ0) is 65.3. The van der Waals surface area contributed by atoms with Crippen LogP contribution in [-0.4, -0.2) is 185 Å². The molecule has 87 heavy (non-hydrogen) atoms. The van der Waals surface area contributed by atoms with Gasteiger partial charge in [0, 0.05) is 64.2 Å². The van der Waals surface area contributed by atoms with Crippen LogP contribution in [0.2, 0.25) is 0 Å². The number of hydrogen-bond acceptors (Lipinski definition) is 16. The number of nitrogens with zero attached hydrogens (tertiary/aromatic N) is 4. The number of rotatable bonds is 27. The number of aryl methyl sites for hydroxylation is 1. The normalized spacial score (nSPS) is 12.4. The Kier molecular flexibility index (Phi) is 28.0. The number of benzene rings is 2. The van der Waals surface area contributed by atoms with Gasteiger partial charge in [0.1, 0.15) is 53.2 Å². The van der Waals surface area contributed by atoms with Gasteiger partial charge in [0.2, 0.25) is 29.5 Å². The van der Waals surface area contributed by atoms with Crippen LogP contribution in [0.25, 0.3) is 10.9 Å². The molecule has 0 fully saturated rings. The number of aromatic nitrogens is 1. The highest BCUT2D eigenvalue weighted by molar-refractivity contribution is 5.99. The molecule has 26 heteroatoms. The average Bonchev–Trinajstić information content (AvgIpc) is 2.92. The molecule has 0 spiro atoms. The molecule has 2 atom stereocenters. The van der Waals surface area contributed by atoms with E-state index in [1.54, 1.807) is 110 Å². The number of ether oxygens (including phenoxy) is 5. The van der Waals surface area contributed by atoms with E-state index in [1.165, 1.54) is 16.0 Å². The van der Waals surface area contributed by atoms with Gasteiger partial charge in [0.05, 0.1) is 17.4 Å². The molecular formula is C61H93N11O15. The Labute approximate surface area is 510 Å². The highest BCUT2D eigenvalue weighted by Gasteiger charge is 2.32. The van der Waals surface area contributed by atoms with Crippen molar-refractivity contribution in [3.05, 3.63) is 72.4 Å². The van der Waals surface area contributed by atoms with E-state index in [-0.39, 0.29) is 58.8 Å². The molecule has 0 bridgehead atoms. The maximum Gasteiger partial charge on any atom is 0.408 e. The van der Waals surface area contributed by atoms with Crippen molar-refractivity contribution in [2.45, 2.75) is 170 Å². The molecular weight excluding hydrogens is 1130 g/mol. The lowest BCUT2D eigenvalue weighted by Gasteiger charge is -2.31. The zero-order valence-corrected chi connectivity index (χ0v) is 53.3. The van der Waals surface area contributed by atoms with Crippen LogP contribution in [0.3, 0.4) is 0 Å². The summed E-state index contributed by atoms with van der Waals surface area (Å²) in [4.78, 5) is 145. The predicted molar refractivity (Wildman–Crippen MR) is 326 cm³/mol. The number of anilines is 1. The molecule has 0 aliphatic rings. The van der Waals surface area contributed by atoms with Crippen LogP contribution >= 0.6 is 0 Å². The molecule has 1 heterocycles. The highest BCUT2D eigenvalue weighted by atomic mass is 16.6. The van der Waals surface area contributed by atoms with Crippen molar-refractivity contribution in [1.82, 2.24) is 51.6 Å². The van der Waals surface area contributed by atoms with Gasteiger partial charge in [0.15, 0.2) is 0 Å². The topological polar surface area (TPSA) is 324 Å². The van der Waals surface area contributed by atoms with Gasteiger partial charge in [0.25, 0.3) is 0 Å². The number of alkyl carbamates (subject to hydrolysis) is 5. The van der Waals surface area contributed by atoms with E-state index in [2.05, 4.69) is 42.2 Å². The van der Waals surface area contributed by atoms with Crippen LogP contribution in [-0.2, 0) is 54.1 Å². The summed E-state index contributed by atoms with van der Waals surface area (Å²) in [7, 11) is 0. The zero-order valence-electron chi connectivity index (χ0n) is 53.3. The number of hydrogen-bond donors (Lipinski definition) is 7. The van der Waals surface area contributed by atoms with Crippen LogP contribution in [0, 0.1) is 0 Å². The van der Waals surface area contributed by atoms with Crippen LogP contribution in [0.5, 0.6) is 0 Å². The van der Waals surface area contributed by atoms with Gasteiger partial charge in [-0.15, -0.1) is 0 Å². The largest absolute Gasteiger partial charge is 0.444 e. The monoisotopic (exact) mass is 1220 g/mol. The van der Waals surface area contributed by atoms with Gasteiger partial charge in [-0.2, -0.15) is 0 Å². The lowest BCUT2D eigenvalue weighted by molar-refractivity contribution is -0.145. The Balaban J connectivity index is 2.08. The number of nitrogens with one attached hydrogen (secondary N) is 7. The maximum absolute atomic E-state index is 14.9. The van der Waals surface area contributed by atoms with Crippen molar-refractivity contribution in [1.29, 1.82) is 0 Å². The molecule has 0 aliphatic carbocycles. The van der Waals surface area contributed by atoms with Crippen LogP contribution in [0.4, 0.5) is 29.7 Å². The third-order valence-corrected chi connectivity index (χ3v) is 11.6. The van der Waals surface area contributed by atoms with Crippen LogP contribution in [0.1, 0.15) is 129 Å². The fraction of sp³-hybridized carbons (Fsp3) is 0.590. The standard InChI is InChI=1S/C61H93N11O15/c1-57(2,3)83-52(78)62-29-33-70(34-30-63-53(79)84-58(4,5)6)48(74)39-72(40-49(75)71(35-31-64-54(80)85-59(7,8)9)36-32-65-55(81)86-60(10,11)12)47(73)28-27-46(69-56(82)87-61(13,14)15)51(77)68-45(26-25-41-21-17-16-18-22-41)50(76)67-43-37-42-23-19-20-24-44(42)66-38-43/h16-24,37-38,45-46H,25-36,39-40H2,1-15H3,(H,62,78)(H,63,79)(H,64,80)(H,65,81)(H,67,76)(H,68,77)(H,69,82)/t45-,46-/m0/s1. The Hall–Kier alpha value is -8.45. The minimum Gasteiger partial charge on any atom is -0.444 e. The first kappa shape index (κ1) is 72.8. The van der Waals surface area contributed by atoms with Gasteiger partial charge < -0.3 is 75.6 Å². The second-order valence-corrected chi connectivity index (χ2v) is 25.5. The molecule has 7 N–H and O–H groups in total. The highest BCUT2D eigenvalue weighted by Crippen LogP contribution is 2.18. The summed E-state index contributed by atoms with van der Waals surface area (Å²) in [6.07, 6.45) is -3.31. The smallest absolute Gasteiger partial charge is 0.408 e. The van der Waals surface area contributed by atoms with E-state index in [4.69, 9.17) is 23.7 Å². The van der Waals surface area contributed by atoms with Crippen LogP contribution < -0.4 is 37.2 Å². The Morgan fingerprint density at radius 1 is 0.448 bits per heavy atom. The molecule has 0 unspecified atom stereocenters. The van der Waals surface area contributed by atoms with E-state index in [1.807, 2.05) is 54.6 Å². The molecule has 0 saturated carbocycles. The Bertz CT molecular complexity index is 2650. The van der Waals surface area contributed by atoms with E-state index in [0.717, 1.165) is 15.8 Å². The van der Waals surface area contributed by atoms with E-state index < -0.39 is 126 Å². The van der Waals surface area contributed by atoms with Crippen molar-refractivity contribution in [3.8, 4) is 0 Å². The second-order valence-electron chi connectivity index (χ2n) is 25.5.